The van der Waals surface area contributed by atoms with Gasteiger partial charge >= 0.3 is 5.97 Å². The van der Waals surface area contributed by atoms with E-state index in [1.807, 2.05) is 0 Å². The van der Waals surface area contributed by atoms with E-state index in [9.17, 15) is 9.59 Å². The first-order valence-electron chi connectivity index (χ1n) is 4.58. The number of ether oxygens (including phenoxy) is 2. The SMILES string of the molecule is COCCC(C=O)C(=O)OC(C)(C)C. The molecule has 4 nitrogen and oxygen atoms in total. The van der Waals surface area contributed by atoms with Gasteiger partial charge in [0.1, 0.15) is 17.8 Å². The van der Waals surface area contributed by atoms with E-state index < -0.39 is 17.5 Å². The van der Waals surface area contributed by atoms with Crippen LogP contribution >= 0.6 is 0 Å². The summed E-state index contributed by atoms with van der Waals surface area (Å²) in [6.07, 6.45) is 0.974. The first kappa shape index (κ1) is 13.1. The third kappa shape index (κ3) is 5.70. The van der Waals surface area contributed by atoms with Crippen molar-refractivity contribution in [2.24, 2.45) is 5.92 Å². The van der Waals surface area contributed by atoms with E-state index in [1.54, 1.807) is 20.8 Å². The molecule has 4 heteroatoms. The fourth-order valence-electron chi connectivity index (χ4n) is 0.864. The van der Waals surface area contributed by atoms with Crippen LogP contribution in [0, 0.1) is 5.92 Å². The van der Waals surface area contributed by atoms with Crippen LogP contribution in [0.15, 0.2) is 0 Å². The van der Waals surface area contributed by atoms with Crippen molar-refractivity contribution in [2.45, 2.75) is 32.8 Å². The average molecular weight is 202 g/mol. The van der Waals surface area contributed by atoms with Crippen LogP contribution in [0.2, 0.25) is 0 Å². The zero-order valence-electron chi connectivity index (χ0n) is 9.20. The summed E-state index contributed by atoms with van der Waals surface area (Å²) in [5.74, 6) is -1.20. The molecule has 0 heterocycles. The summed E-state index contributed by atoms with van der Waals surface area (Å²) in [6, 6.07) is 0. The van der Waals surface area contributed by atoms with Gasteiger partial charge in [0.2, 0.25) is 0 Å². The Morgan fingerprint density at radius 3 is 2.36 bits per heavy atom. The van der Waals surface area contributed by atoms with Crippen LogP contribution < -0.4 is 0 Å². The maximum absolute atomic E-state index is 11.4. The van der Waals surface area contributed by atoms with Gasteiger partial charge in [0.15, 0.2) is 0 Å². The largest absolute Gasteiger partial charge is 0.459 e. The Morgan fingerprint density at radius 1 is 1.43 bits per heavy atom. The molecule has 0 aromatic carbocycles. The van der Waals surface area contributed by atoms with Crippen molar-refractivity contribution in [1.82, 2.24) is 0 Å². The number of hydrogen-bond acceptors (Lipinski definition) is 4. The number of rotatable bonds is 5. The summed E-state index contributed by atoms with van der Waals surface area (Å²) in [5.41, 5.74) is -0.550. The molecule has 1 unspecified atom stereocenters. The highest BCUT2D eigenvalue weighted by molar-refractivity contribution is 5.87. The highest BCUT2D eigenvalue weighted by Crippen LogP contribution is 2.12. The fourth-order valence-corrected chi connectivity index (χ4v) is 0.864. The third-order valence-electron chi connectivity index (χ3n) is 1.51. The van der Waals surface area contributed by atoms with Gasteiger partial charge in [-0.2, -0.15) is 0 Å². The fraction of sp³-hybridized carbons (Fsp3) is 0.800. The molecule has 0 aromatic heterocycles. The number of hydrogen-bond donors (Lipinski definition) is 0. The van der Waals surface area contributed by atoms with Gasteiger partial charge in [-0.05, 0) is 27.2 Å². The first-order chi connectivity index (χ1) is 6.40. The lowest BCUT2D eigenvalue weighted by atomic mass is 10.1. The van der Waals surface area contributed by atoms with Gasteiger partial charge < -0.3 is 14.3 Å². The molecule has 0 N–H and O–H groups in total. The van der Waals surface area contributed by atoms with Crippen molar-refractivity contribution in [2.75, 3.05) is 13.7 Å². The number of esters is 1. The Hall–Kier alpha value is -0.900. The van der Waals surface area contributed by atoms with Crippen LogP contribution in [0.5, 0.6) is 0 Å². The van der Waals surface area contributed by atoms with Crippen LogP contribution in [0.4, 0.5) is 0 Å². The highest BCUT2D eigenvalue weighted by atomic mass is 16.6. The van der Waals surface area contributed by atoms with Crippen LogP contribution in [-0.4, -0.2) is 31.6 Å². The smallest absolute Gasteiger partial charge is 0.316 e. The summed E-state index contributed by atoms with van der Waals surface area (Å²) < 4.78 is 9.85. The molecule has 0 spiro atoms. The van der Waals surface area contributed by atoms with E-state index in [1.165, 1.54) is 7.11 Å². The predicted molar refractivity (Wildman–Crippen MR) is 51.9 cm³/mol. The van der Waals surface area contributed by atoms with Crippen LogP contribution in [0.3, 0.4) is 0 Å². The van der Waals surface area contributed by atoms with Crippen LogP contribution in [0.25, 0.3) is 0 Å². The number of methoxy groups -OCH3 is 1. The minimum absolute atomic E-state index is 0.370. The van der Waals surface area contributed by atoms with Crippen molar-refractivity contribution in [3.63, 3.8) is 0 Å². The summed E-state index contributed by atoms with van der Waals surface area (Å²) in [6.45, 7) is 5.68. The van der Waals surface area contributed by atoms with Crippen LogP contribution in [0.1, 0.15) is 27.2 Å². The van der Waals surface area contributed by atoms with Crippen LogP contribution in [-0.2, 0) is 19.1 Å². The summed E-state index contributed by atoms with van der Waals surface area (Å²) in [7, 11) is 1.52. The molecule has 0 bridgehead atoms. The molecule has 0 amide bonds. The molecule has 0 aliphatic rings. The Morgan fingerprint density at radius 2 is 2.00 bits per heavy atom. The van der Waals surface area contributed by atoms with Gasteiger partial charge in [0.05, 0.1) is 0 Å². The quantitative estimate of drug-likeness (QED) is 0.381. The Balaban J connectivity index is 4.11. The second-order valence-electron chi connectivity index (χ2n) is 4.06. The first-order valence-corrected chi connectivity index (χ1v) is 4.58. The Bertz CT molecular complexity index is 193. The molecule has 0 aliphatic carbocycles. The Kier molecular flexibility index (Phi) is 5.38. The minimum Gasteiger partial charge on any atom is -0.459 e. The molecule has 1 atom stereocenters. The molecule has 0 aliphatic heterocycles. The van der Waals surface area contributed by atoms with E-state index in [4.69, 9.17) is 9.47 Å². The van der Waals surface area contributed by atoms with Gasteiger partial charge in [-0.15, -0.1) is 0 Å². The van der Waals surface area contributed by atoms with Crippen molar-refractivity contribution in [3.05, 3.63) is 0 Å². The van der Waals surface area contributed by atoms with Crippen molar-refractivity contribution >= 4 is 12.3 Å². The molecular formula is C10H18O4. The van der Waals surface area contributed by atoms with Crippen molar-refractivity contribution in [1.29, 1.82) is 0 Å². The van der Waals surface area contributed by atoms with Gasteiger partial charge in [-0.1, -0.05) is 0 Å². The summed E-state index contributed by atoms with van der Waals surface area (Å²) in [4.78, 5) is 22.0. The maximum atomic E-state index is 11.4. The number of carbonyl (C=O) groups is 2. The normalized spacial score (nSPS) is 13.4. The lowest BCUT2D eigenvalue weighted by molar-refractivity contribution is -0.161. The summed E-state index contributed by atoms with van der Waals surface area (Å²) >= 11 is 0. The van der Waals surface area contributed by atoms with Crippen molar-refractivity contribution in [3.8, 4) is 0 Å². The molecular weight excluding hydrogens is 184 g/mol. The predicted octanol–water partition coefficient (Wildman–Crippen LogP) is 1.18. The zero-order valence-corrected chi connectivity index (χ0v) is 9.20. The molecule has 0 rings (SSSR count). The minimum atomic E-state index is -0.714. The molecule has 14 heavy (non-hydrogen) atoms. The topological polar surface area (TPSA) is 52.6 Å². The number of carbonyl (C=O) groups excluding carboxylic acids is 2. The van der Waals surface area contributed by atoms with E-state index >= 15 is 0 Å². The monoisotopic (exact) mass is 202 g/mol. The second kappa shape index (κ2) is 5.75. The molecule has 82 valence electrons. The van der Waals surface area contributed by atoms with Gasteiger partial charge in [0, 0.05) is 13.7 Å². The molecule has 0 fully saturated rings. The molecule has 0 saturated carbocycles. The van der Waals surface area contributed by atoms with E-state index in [2.05, 4.69) is 0 Å². The molecule has 0 saturated heterocycles. The zero-order chi connectivity index (χ0) is 11.2. The van der Waals surface area contributed by atoms with Gasteiger partial charge in [-0.3, -0.25) is 4.79 Å². The average Bonchev–Trinajstić information content (AvgIpc) is 2.02. The highest BCUT2D eigenvalue weighted by Gasteiger charge is 2.24. The van der Waals surface area contributed by atoms with Gasteiger partial charge in [0.25, 0.3) is 0 Å². The standard InChI is InChI=1S/C10H18O4/c1-10(2,3)14-9(12)8(7-11)5-6-13-4/h7-8H,5-6H2,1-4H3. The third-order valence-corrected chi connectivity index (χ3v) is 1.51. The summed E-state index contributed by atoms with van der Waals surface area (Å²) in [5, 5.41) is 0. The molecule has 0 aromatic rings. The second-order valence-corrected chi connectivity index (χ2v) is 4.06. The van der Waals surface area contributed by atoms with Gasteiger partial charge in [-0.25, -0.2) is 0 Å². The van der Waals surface area contributed by atoms with E-state index in [0.717, 1.165) is 0 Å². The van der Waals surface area contributed by atoms with Crippen molar-refractivity contribution < 1.29 is 19.1 Å². The van der Waals surface area contributed by atoms with E-state index in [0.29, 0.717) is 19.3 Å². The lowest BCUT2D eigenvalue weighted by Gasteiger charge is -2.21. The lowest BCUT2D eigenvalue weighted by Crippen LogP contribution is -2.30. The van der Waals surface area contributed by atoms with E-state index in [-0.39, 0.29) is 0 Å². The number of aldehydes is 1. The molecule has 0 radical (unpaired) electrons. The maximum Gasteiger partial charge on any atom is 0.316 e. The Labute approximate surface area is 84.6 Å².